The fourth-order valence-electron chi connectivity index (χ4n) is 3.29. The van der Waals surface area contributed by atoms with Gasteiger partial charge in [0.25, 0.3) is 0 Å². The number of fused-ring (bicyclic) bond motifs is 6. The monoisotopic (exact) mass is 370 g/mol. The third-order valence-electron chi connectivity index (χ3n) is 4.54. The lowest BCUT2D eigenvalue weighted by Gasteiger charge is -2.01. The molecule has 4 nitrogen and oxygen atoms in total. The lowest BCUT2D eigenvalue weighted by molar-refractivity contribution is 1.34. The zero-order valence-electron chi connectivity index (χ0n) is 13.4. The molecule has 0 saturated carbocycles. The van der Waals surface area contributed by atoms with E-state index in [9.17, 15) is 0 Å². The molecule has 0 atom stereocenters. The van der Waals surface area contributed by atoms with Crippen molar-refractivity contribution in [1.29, 1.82) is 0 Å². The average molecular weight is 370 g/mol. The van der Waals surface area contributed by atoms with Crippen LogP contribution < -0.4 is 0 Å². The average Bonchev–Trinajstić information content (AvgIpc) is 3.24. The Labute approximate surface area is 155 Å². The summed E-state index contributed by atoms with van der Waals surface area (Å²) in [5, 5.41) is 3.43. The Morgan fingerprint density at radius 1 is 0.692 bits per heavy atom. The van der Waals surface area contributed by atoms with Gasteiger partial charge in [0.1, 0.15) is 4.83 Å². The Kier molecular flexibility index (Phi) is 2.88. The van der Waals surface area contributed by atoms with Crippen molar-refractivity contribution in [2.24, 2.45) is 0 Å². The van der Waals surface area contributed by atoms with E-state index in [4.69, 9.17) is 4.98 Å². The van der Waals surface area contributed by atoms with E-state index < -0.39 is 0 Å². The molecule has 0 fully saturated rings. The number of thiophene rings is 2. The van der Waals surface area contributed by atoms with E-state index in [1.54, 1.807) is 22.7 Å². The van der Waals surface area contributed by atoms with E-state index in [-0.39, 0.29) is 0 Å². The van der Waals surface area contributed by atoms with Crippen molar-refractivity contribution >= 4 is 63.3 Å². The van der Waals surface area contributed by atoms with Gasteiger partial charge in [-0.25, -0.2) is 4.98 Å². The molecule has 0 aliphatic rings. The van der Waals surface area contributed by atoms with E-state index in [1.165, 1.54) is 9.40 Å². The molecule has 6 rings (SSSR count). The van der Waals surface area contributed by atoms with Crippen LogP contribution in [0.2, 0.25) is 0 Å². The first-order chi connectivity index (χ1) is 12.9. The second-order valence-electron chi connectivity index (χ2n) is 6.07. The Hall–Kier alpha value is -2.96. The molecular formula is C20H10N4S2. The van der Waals surface area contributed by atoms with Gasteiger partial charge in [0, 0.05) is 62.1 Å². The minimum absolute atomic E-state index is 0.942. The molecule has 0 amide bonds. The largest absolute Gasteiger partial charge is 0.264 e. The standard InChI is InChI=1S/C20H10N4S2/c1-2-12-19-18(26-20(12)22-4-1)6-11(8-24-19)15-7-17-14(10-23-15)13-9-21-5-3-16(13)25-17/h1-10H. The van der Waals surface area contributed by atoms with E-state index in [2.05, 4.69) is 39.2 Å². The third kappa shape index (κ3) is 2.00. The highest BCUT2D eigenvalue weighted by Gasteiger charge is 2.11. The minimum Gasteiger partial charge on any atom is -0.264 e. The summed E-state index contributed by atoms with van der Waals surface area (Å²) in [5.74, 6) is 0. The van der Waals surface area contributed by atoms with Gasteiger partial charge in [-0.15, -0.1) is 22.7 Å². The van der Waals surface area contributed by atoms with Gasteiger partial charge < -0.3 is 0 Å². The number of pyridine rings is 4. The highest BCUT2D eigenvalue weighted by atomic mass is 32.1. The molecule has 0 radical (unpaired) electrons. The van der Waals surface area contributed by atoms with Crippen molar-refractivity contribution in [3.05, 3.63) is 61.3 Å². The van der Waals surface area contributed by atoms with Crippen molar-refractivity contribution in [2.75, 3.05) is 0 Å². The van der Waals surface area contributed by atoms with Crippen LogP contribution in [0.1, 0.15) is 0 Å². The molecule has 122 valence electrons. The molecule has 0 saturated heterocycles. The van der Waals surface area contributed by atoms with Crippen LogP contribution in [-0.2, 0) is 0 Å². The second-order valence-corrected chi connectivity index (χ2v) is 8.18. The number of hydrogen-bond donors (Lipinski definition) is 0. The van der Waals surface area contributed by atoms with Crippen LogP contribution in [0.4, 0.5) is 0 Å². The summed E-state index contributed by atoms with van der Waals surface area (Å²) in [4.78, 5) is 19.1. The summed E-state index contributed by atoms with van der Waals surface area (Å²) in [7, 11) is 0. The fourth-order valence-corrected chi connectivity index (χ4v) is 5.42. The first-order valence-electron chi connectivity index (χ1n) is 8.13. The lowest BCUT2D eigenvalue weighted by Crippen LogP contribution is -1.84. The molecule has 0 aliphatic carbocycles. The van der Waals surface area contributed by atoms with E-state index in [0.29, 0.717) is 0 Å². The van der Waals surface area contributed by atoms with Crippen LogP contribution in [0.15, 0.2) is 61.3 Å². The minimum atomic E-state index is 0.942. The highest BCUT2D eigenvalue weighted by molar-refractivity contribution is 7.26. The Bertz CT molecular complexity index is 1340. The van der Waals surface area contributed by atoms with Crippen molar-refractivity contribution in [2.45, 2.75) is 0 Å². The van der Waals surface area contributed by atoms with Crippen molar-refractivity contribution in [1.82, 2.24) is 19.9 Å². The van der Waals surface area contributed by atoms with Crippen molar-refractivity contribution in [3.63, 3.8) is 0 Å². The van der Waals surface area contributed by atoms with E-state index in [1.807, 2.05) is 37.1 Å². The number of hydrogen-bond acceptors (Lipinski definition) is 6. The number of aromatic nitrogens is 4. The molecule has 0 unspecified atom stereocenters. The van der Waals surface area contributed by atoms with Gasteiger partial charge in [-0.1, -0.05) is 0 Å². The predicted molar refractivity (Wildman–Crippen MR) is 109 cm³/mol. The van der Waals surface area contributed by atoms with Gasteiger partial charge >= 0.3 is 0 Å². The Balaban J connectivity index is 1.57. The highest BCUT2D eigenvalue weighted by Crippen LogP contribution is 2.36. The molecule has 0 N–H and O–H groups in total. The van der Waals surface area contributed by atoms with Crippen LogP contribution in [0.25, 0.3) is 51.9 Å². The SMILES string of the molecule is c1cnc2sc3cc(-c4cc5sc6ccncc6c5cn4)cnc3c2c1. The third-order valence-corrected chi connectivity index (χ3v) is 6.72. The summed E-state index contributed by atoms with van der Waals surface area (Å²) in [6.45, 7) is 0. The Morgan fingerprint density at radius 2 is 1.65 bits per heavy atom. The molecular weight excluding hydrogens is 360 g/mol. The normalized spacial score (nSPS) is 11.8. The fraction of sp³-hybridized carbons (Fsp3) is 0. The lowest BCUT2D eigenvalue weighted by atomic mass is 10.1. The molecule has 6 heterocycles. The summed E-state index contributed by atoms with van der Waals surface area (Å²) in [6, 6.07) is 10.4. The van der Waals surface area contributed by atoms with Gasteiger partial charge in [0.2, 0.25) is 0 Å². The zero-order chi connectivity index (χ0) is 17.1. The smallest absolute Gasteiger partial charge is 0.126 e. The van der Waals surface area contributed by atoms with Gasteiger partial charge in [-0.2, -0.15) is 0 Å². The molecule has 0 aromatic carbocycles. The van der Waals surface area contributed by atoms with Crippen LogP contribution in [0.3, 0.4) is 0 Å². The zero-order valence-corrected chi connectivity index (χ0v) is 15.0. The number of rotatable bonds is 1. The molecule has 26 heavy (non-hydrogen) atoms. The van der Waals surface area contributed by atoms with Gasteiger partial charge in [-0.3, -0.25) is 15.0 Å². The number of nitrogens with zero attached hydrogens (tertiary/aromatic N) is 4. The molecule has 0 spiro atoms. The predicted octanol–water partition coefficient (Wildman–Crippen LogP) is 5.67. The maximum Gasteiger partial charge on any atom is 0.126 e. The van der Waals surface area contributed by atoms with Gasteiger partial charge in [-0.05, 0) is 30.3 Å². The first kappa shape index (κ1) is 14.2. The van der Waals surface area contributed by atoms with Crippen molar-refractivity contribution < 1.29 is 0 Å². The molecule has 6 heteroatoms. The maximum atomic E-state index is 4.69. The topological polar surface area (TPSA) is 51.6 Å². The van der Waals surface area contributed by atoms with Crippen LogP contribution in [-0.4, -0.2) is 19.9 Å². The van der Waals surface area contributed by atoms with Gasteiger partial charge in [0.05, 0.1) is 15.9 Å². The summed E-state index contributed by atoms with van der Waals surface area (Å²) < 4.78 is 3.59. The van der Waals surface area contributed by atoms with E-state index in [0.717, 1.165) is 42.5 Å². The molecule has 6 aromatic heterocycles. The van der Waals surface area contributed by atoms with Crippen LogP contribution >= 0.6 is 22.7 Å². The maximum absolute atomic E-state index is 4.69. The van der Waals surface area contributed by atoms with Crippen molar-refractivity contribution in [3.8, 4) is 11.3 Å². The van der Waals surface area contributed by atoms with Crippen LogP contribution in [0.5, 0.6) is 0 Å². The van der Waals surface area contributed by atoms with E-state index >= 15 is 0 Å². The Morgan fingerprint density at radius 3 is 2.65 bits per heavy atom. The summed E-state index contributed by atoms with van der Waals surface area (Å²) in [6.07, 6.45) is 9.42. The van der Waals surface area contributed by atoms with Crippen LogP contribution in [0, 0.1) is 0 Å². The van der Waals surface area contributed by atoms with Gasteiger partial charge in [0.15, 0.2) is 0 Å². The second kappa shape index (κ2) is 5.27. The molecule has 6 aromatic rings. The molecule has 0 aliphatic heterocycles. The summed E-state index contributed by atoms with van der Waals surface area (Å²) in [5.41, 5.74) is 2.98. The quantitative estimate of drug-likeness (QED) is 0.374. The summed E-state index contributed by atoms with van der Waals surface area (Å²) >= 11 is 3.44. The first-order valence-corrected chi connectivity index (χ1v) is 9.76. The molecule has 0 bridgehead atoms.